The summed E-state index contributed by atoms with van der Waals surface area (Å²) in [5.41, 5.74) is 10.7. The Morgan fingerprint density at radius 2 is 2.12 bits per heavy atom. The van der Waals surface area contributed by atoms with Crippen LogP contribution in [0.15, 0.2) is 0 Å². The van der Waals surface area contributed by atoms with Crippen molar-refractivity contribution in [1.82, 2.24) is 4.98 Å². The molecule has 44 valence electrons. The zero-order valence-corrected chi connectivity index (χ0v) is 5.33. The van der Waals surface area contributed by atoms with E-state index in [2.05, 4.69) is 4.98 Å². The van der Waals surface area contributed by atoms with Gasteiger partial charge in [-0.3, -0.25) is 0 Å². The lowest BCUT2D eigenvalue weighted by Gasteiger charge is -1.79. The van der Waals surface area contributed by atoms with E-state index < -0.39 is 0 Å². The fraction of sp³-hybridized carbons (Fsp3) is 0.250. The van der Waals surface area contributed by atoms with Crippen LogP contribution in [-0.4, -0.2) is 4.98 Å². The molecule has 4 heteroatoms. The molecule has 0 atom stereocenters. The molecule has 0 radical (unpaired) electrons. The Kier molecular flexibility index (Phi) is 1.09. The van der Waals surface area contributed by atoms with Crippen molar-refractivity contribution in [2.75, 3.05) is 11.5 Å². The SMILES string of the molecule is Cc1nc(N)c(N)s1. The summed E-state index contributed by atoms with van der Waals surface area (Å²) < 4.78 is 0. The third-order valence-corrected chi connectivity index (χ3v) is 1.60. The van der Waals surface area contributed by atoms with Gasteiger partial charge >= 0.3 is 0 Å². The summed E-state index contributed by atoms with van der Waals surface area (Å²) in [5.74, 6) is 0.451. The van der Waals surface area contributed by atoms with E-state index in [9.17, 15) is 0 Å². The van der Waals surface area contributed by atoms with Gasteiger partial charge in [0.05, 0.1) is 5.01 Å². The van der Waals surface area contributed by atoms with Gasteiger partial charge in [-0.1, -0.05) is 0 Å². The van der Waals surface area contributed by atoms with Crippen LogP contribution in [0.1, 0.15) is 5.01 Å². The van der Waals surface area contributed by atoms with Crippen molar-refractivity contribution in [3.05, 3.63) is 5.01 Å². The first-order chi connectivity index (χ1) is 3.70. The molecule has 4 N–H and O–H groups in total. The van der Waals surface area contributed by atoms with Crippen molar-refractivity contribution in [3.8, 4) is 0 Å². The number of nitrogens with two attached hydrogens (primary N) is 2. The van der Waals surface area contributed by atoms with Gasteiger partial charge < -0.3 is 11.5 Å². The molecule has 0 bridgehead atoms. The van der Waals surface area contributed by atoms with Gasteiger partial charge in [0.15, 0.2) is 5.82 Å². The Labute approximate surface area is 51.3 Å². The Morgan fingerprint density at radius 3 is 2.25 bits per heavy atom. The first-order valence-electron chi connectivity index (χ1n) is 2.18. The molecule has 0 aliphatic carbocycles. The van der Waals surface area contributed by atoms with E-state index in [-0.39, 0.29) is 0 Å². The summed E-state index contributed by atoms with van der Waals surface area (Å²) in [5, 5.41) is 1.53. The molecule has 0 aliphatic rings. The van der Waals surface area contributed by atoms with Crippen LogP contribution in [0.5, 0.6) is 0 Å². The summed E-state index contributed by atoms with van der Waals surface area (Å²) in [6, 6.07) is 0. The average molecular weight is 129 g/mol. The maximum Gasteiger partial charge on any atom is 0.158 e. The zero-order valence-electron chi connectivity index (χ0n) is 4.51. The molecule has 1 rings (SSSR count). The van der Waals surface area contributed by atoms with Gasteiger partial charge in [-0.2, -0.15) is 0 Å². The fourth-order valence-corrected chi connectivity index (χ4v) is 1.07. The standard InChI is InChI=1S/C4H7N3S/c1-2-7-3(5)4(6)8-2/h5-6H2,1H3. The maximum absolute atomic E-state index is 5.37. The van der Waals surface area contributed by atoms with Gasteiger partial charge in [-0.05, 0) is 6.92 Å². The number of hydrogen-bond acceptors (Lipinski definition) is 4. The summed E-state index contributed by atoms with van der Waals surface area (Å²) in [6.45, 7) is 1.87. The largest absolute Gasteiger partial charge is 0.388 e. The third kappa shape index (κ3) is 0.742. The van der Waals surface area contributed by atoms with Gasteiger partial charge in [0.2, 0.25) is 0 Å². The highest BCUT2D eigenvalue weighted by Gasteiger charge is 1.97. The Balaban J connectivity index is 3.14. The fourth-order valence-electron chi connectivity index (χ4n) is 0.459. The van der Waals surface area contributed by atoms with Crippen LogP contribution in [0.2, 0.25) is 0 Å². The van der Waals surface area contributed by atoms with E-state index in [0.717, 1.165) is 5.01 Å². The molecule has 0 saturated carbocycles. The molecular formula is C4H7N3S. The van der Waals surface area contributed by atoms with E-state index in [4.69, 9.17) is 11.5 Å². The van der Waals surface area contributed by atoms with E-state index >= 15 is 0 Å². The van der Waals surface area contributed by atoms with E-state index in [1.807, 2.05) is 6.92 Å². The molecule has 0 amide bonds. The number of anilines is 2. The van der Waals surface area contributed by atoms with Crippen molar-refractivity contribution in [2.45, 2.75) is 6.92 Å². The van der Waals surface area contributed by atoms with Gasteiger partial charge in [0.25, 0.3) is 0 Å². The van der Waals surface area contributed by atoms with Crippen molar-refractivity contribution in [1.29, 1.82) is 0 Å². The minimum Gasteiger partial charge on any atom is -0.388 e. The van der Waals surface area contributed by atoms with E-state index in [1.54, 1.807) is 0 Å². The lowest BCUT2D eigenvalue weighted by atomic mass is 10.7. The Bertz CT molecular complexity index is 174. The Hall–Kier alpha value is -0.770. The number of nitrogens with zero attached hydrogens (tertiary/aromatic N) is 1. The third-order valence-electron chi connectivity index (χ3n) is 0.788. The van der Waals surface area contributed by atoms with Crippen molar-refractivity contribution < 1.29 is 0 Å². The van der Waals surface area contributed by atoms with Crippen LogP contribution in [-0.2, 0) is 0 Å². The number of rotatable bonds is 0. The number of aryl methyl sites for hydroxylation is 1. The highest BCUT2D eigenvalue weighted by Crippen LogP contribution is 2.21. The Morgan fingerprint density at radius 1 is 1.50 bits per heavy atom. The summed E-state index contributed by atoms with van der Waals surface area (Å²) in [7, 11) is 0. The van der Waals surface area contributed by atoms with Gasteiger partial charge in [-0.15, -0.1) is 11.3 Å². The second-order valence-electron chi connectivity index (χ2n) is 1.48. The van der Waals surface area contributed by atoms with Crippen LogP contribution in [0.3, 0.4) is 0 Å². The quantitative estimate of drug-likeness (QED) is 0.539. The molecule has 8 heavy (non-hydrogen) atoms. The van der Waals surface area contributed by atoms with Crippen LogP contribution >= 0.6 is 11.3 Å². The van der Waals surface area contributed by atoms with Crippen LogP contribution < -0.4 is 11.5 Å². The minimum atomic E-state index is 0.451. The predicted octanol–water partition coefficient (Wildman–Crippen LogP) is 0.616. The first kappa shape index (κ1) is 5.37. The molecule has 0 unspecified atom stereocenters. The molecule has 0 spiro atoms. The molecule has 0 aromatic carbocycles. The van der Waals surface area contributed by atoms with Gasteiger partial charge in [0, 0.05) is 0 Å². The highest BCUT2D eigenvalue weighted by molar-refractivity contribution is 7.16. The molecule has 0 fully saturated rings. The van der Waals surface area contributed by atoms with E-state index in [1.165, 1.54) is 11.3 Å². The molecular weight excluding hydrogens is 122 g/mol. The normalized spacial score (nSPS) is 9.62. The smallest absolute Gasteiger partial charge is 0.158 e. The molecule has 3 nitrogen and oxygen atoms in total. The zero-order chi connectivity index (χ0) is 6.15. The molecule has 1 aromatic heterocycles. The lowest BCUT2D eigenvalue weighted by Crippen LogP contribution is -1.89. The van der Waals surface area contributed by atoms with Crippen molar-refractivity contribution in [3.63, 3.8) is 0 Å². The first-order valence-corrected chi connectivity index (χ1v) is 3.00. The molecule has 1 aromatic rings. The van der Waals surface area contributed by atoms with Crippen LogP contribution in [0.25, 0.3) is 0 Å². The topological polar surface area (TPSA) is 64.9 Å². The maximum atomic E-state index is 5.37. The van der Waals surface area contributed by atoms with Crippen LogP contribution in [0.4, 0.5) is 10.8 Å². The number of aromatic nitrogens is 1. The average Bonchev–Trinajstić information content (AvgIpc) is 1.85. The second-order valence-corrected chi connectivity index (χ2v) is 2.72. The summed E-state index contributed by atoms with van der Waals surface area (Å²) in [6.07, 6.45) is 0. The van der Waals surface area contributed by atoms with Crippen molar-refractivity contribution in [2.24, 2.45) is 0 Å². The molecule has 1 heterocycles. The second kappa shape index (κ2) is 1.63. The predicted molar refractivity (Wildman–Crippen MR) is 35.7 cm³/mol. The number of hydrogen-bond donors (Lipinski definition) is 2. The number of nitrogen functional groups attached to an aromatic ring is 2. The molecule has 0 aliphatic heterocycles. The van der Waals surface area contributed by atoms with Gasteiger partial charge in [-0.25, -0.2) is 4.98 Å². The monoisotopic (exact) mass is 129 g/mol. The highest BCUT2D eigenvalue weighted by atomic mass is 32.1. The molecule has 0 saturated heterocycles. The number of thiazole rings is 1. The van der Waals surface area contributed by atoms with Gasteiger partial charge in [0.1, 0.15) is 5.00 Å². The minimum absolute atomic E-state index is 0.451. The summed E-state index contributed by atoms with van der Waals surface area (Å²) >= 11 is 1.41. The summed E-state index contributed by atoms with van der Waals surface area (Å²) in [4.78, 5) is 3.88. The van der Waals surface area contributed by atoms with Crippen LogP contribution in [0, 0.1) is 6.92 Å². The van der Waals surface area contributed by atoms with Crippen molar-refractivity contribution >= 4 is 22.2 Å². The lowest BCUT2D eigenvalue weighted by molar-refractivity contribution is 1.31. The van der Waals surface area contributed by atoms with E-state index in [0.29, 0.717) is 10.8 Å².